The zero-order chi connectivity index (χ0) is 18.4. The lowest BCUT2D eigenvalue weighted by atomic mass is 9.95. The molecule has 3 rings (SSSR count). The van der Waals surface area contributed by atoms with Gasteiger partial charge in [-0.15, -0.1) is 0 Å². The Morgan fingerprint density at radius 1 is 0.923 bits per heavy atom. The van der Waals surface area contributed by atoms with Crippen molar-refractivity contribution in [3.8, 4) is 0 Å². The van der Waals surface area contributed by atoms with Gasteiger partial charge in [0.05, 0.1) is 6.42 Å². The van der Waals surface area contributed by atoms with Gasteiger partial charge in [0, 0.05) is 21.8 Å². The van der Waals surface area contributed by atoms with Crippen molar-refractivity contribution in [1.29, 1.82) is 0 Å². The molecule has 0 heterocycles. The van der Waals surface area contributed by atoms with Crippen LogP contribution in [0.3, 0.4) is 0 Å². The second-order valence-electron chi connectivity index (χ2n) is 6.74. The summed E-state index contributed by atoms with van der Waals surface area (Å²) in [6.45, 7) is 0. The number of nitrogens with one attached hydrogen (secondary N) is 2. The quantitative estimate of drug-likeness (QED) is 0.744. The Hall–Kier alpha value is -2.14. The number of amides is 2. The smallest absolute Gasteiger partial charge is 0.255 e. The van der Waals surface area contributed by atoms with Crippen LogP contribution in [0.25, 0.3) is 0 Å². The van der Waals surface area contributed by atoms with E-state index in [0.717, 1.165) is 22.9 Å². The van der Waals surface area contributed by atoms with Crippen LogP contribution in [0.4, 0.5) is 5.69 Å². The molecule has 0 saturated heterocycles. The molecule has 0 radical (unpaired) electrons. The SMILES string of the molecule is O=C(Cc1ccc(NC(=O)c2ccc(Br)cc2)cc1)NC1CCCCC1. The van der Waals surface area contributed by atoms with Crippen LogP contribution >= 0.6 is 15.9 Å². The minimum atomic E-state index is -0.153. The van der Waals surface area contributed by atoms with E-state index in [1.165, 1.54) is 19.3 Å². The zero-order valence-corrected chi connectivity index (χ0v) is 16.2. The molecule has 4 nitrogen and oxygen atoms in total. The van der Waals surface area contributed by atoms with Crippen LogP contribution < -0.4 is 10.6 Å². The van der Waals surface area contributed by atoms with Gasteiger partial charge in [-0.05, 0) is 54.8 Å². The first kappa shape index (κ1) is 18.6. The molecule has 2 N–H and O–H groups in total. The van der Waals surface area contributed by atoms with E-state index in [1.807, 2.05) is 36.4 Å². The number of halogens is 1. The molecule has 0 bridgehead atoms. The van der Waals surface area contributed by atoms with Crippen LogP contribution in [-0.4, -0.2) is 17.9 Å². The monoisotopic (exact) mass is 414 g/mol. The van der Waals surface area contributed by atoms with Crippen LogP contribution in [0.15, 0.2) is 53.0 Å². The minimum absolute atomic E-state index is 0.0727. The molecule has 0 aromatic heterocycles. The molecule has 2 aromatic carbocycles. The first-order chi connectivity index (χ1) is 12.6. The van der Waals surface area contributed by atoms with Gasteiger partial charge in [0.2, 0.25) is 5.91 Å². The second-order valence-corrected chi connectivity index (χ2v) is 7.65. The molecular weight excluding hydrogens is 392 g/mol. The Morgan fingerprint density at radius 2 is 1.58 bits per heavy atom. The van der Waals surface area contributed by atoms with Gasteiger partial charge in [0.25, 0.3) is 5.91 Å². The lowest BCUT2D eigenvalue weighted by Gasteiger charge is -2.22. The third-order valence-corrected chi connectivity index (χ3v) is 5.18. The fourth-order valence-electron chi connectivity index (χ4n) is 3.22. The number of hydrogen-bond acceptors (Lipinski definition) is 2. The summed E-state index contributed by atoms with van der Waals surface area (Å²) in [6, 6.07) is 15.0. The van der Waals surface area contributed by atoms with E-state index >= 15 is 0 Å². The Balaban J connectivity index is 1.52. The fraction of sp³-hybridized carbons (Fsp3) is 0.333. The van der Waals surface area contributed by atoms with Crippen molar-refractivity contribution in [3.05, 3.63) is 64.1 Å². The minimum Gasteiger partial charge on any atom is -0.353 e. The lowest BCUT2D eigenvalue weighted by molar-refractivity contribution is -0.121. The summed E-state index contributed by atoms with van der Waals surface area (Å²) in [7, 11) is 0. The Kier molecular flexibility index (Phi) is 6.45. The van der Waals surface area contributed by atoms with E-state index in [1.54, 1.807) is 12.1 Å². The van der Waals surface area contributed by atoms with Crippen molar-refractivity contribution < 1.29 is 9.59 Å². The Morgan fingerprint density at radius 3 is 2.23 bits per heavy atom. The fourth-order valence-corrected chi connectivity index (χ4v) is 3.49. The van der Waals surface area contributed by atoms with Crippen molar-refractivity contribution in [3.63, 3.8) is 0 Å². The van der Waals surface area contributed by atoms with E-state index in [-0.39, 0.29) is 11.8 Å². The van der Waals surface area contributed by atoms with Crippen LogP contribution in [0.5, 0.6) is 0 Å². The van der Waals surface area contributed by atoms with Gasteiger partial charge in [-0.3, -0.25) is 9.59 Å². The molecule has 26 heavy (non-hydrogen) atoms. The van der Waals surface area contributed by atoms with E-state index in [2.05, 4.69) is 26.6 Å². The van der Waals surface area contributed by atoms with Gasteiger partial charge < -0.3 is 10.6 Å². The van der Waals surface area contributed by atoms with E-state index in [4.69, 9.17) is 0 Å². The Labute approximate surface area is 162 Å². The van der Waals surface area contributed by atoms with Crippen LogP contribution in [0.1, 0.15) is 48.0 Å². The molecule has 0 unspecified atom stereocenters. The maximum absolute atomic E-state index is 12.2. The second kappa shape index (κ2) is 8.99. The van der Waals surface area contributed by atoms with E-state index in [0.29, 0.717) is 23.7 Å². The summed E-state index contributed by atoms with van der Waals surface area (Å²) in [5.74, 6) is -0.0798. The maximum atomic E-state index is 12.2. The van der Waals surface area contributed by atoms with Crippen molar-refractivity contribution >= 4 is 33.4 Å². The highest BCUT2D eigenvalue weighted by molar-refractivity contribution is 9.10. The van der Waals surface area contributed by atoms with Gasteiger partial charge in [-0.25, -0.2) is 0 Å². The number of carbonyl (C=O) groups is 2. The van der Waals surface area contributed by atoms with Gasteiger partial charge in [0.1, 0.15) is 0 Å². The molecule has 5 heteroatoms. The number of carbonyl (C=O) groups excluding carboxylic acids is 2. The van der Waals surface area contributed by atoms with E-state index < -0.39 is 0 Å². The average molecular weight is 415 g/mol. The third-order valence-electron chi connectivity index (χ3n) is 4.65. The highest BCUT2D eigenvalue weighted by atomic mass is 79.9. The topological polar surface area (TPSA) is 58.2 Å². The molecule has 2 amide bonds. The first-order valence-corrected chi connectivity index (χ1v) is 9.85. The zero-order valence-electron chi connectivity index (χ0n) is 14.6. The van der Waals surface area contributed by atoms with Crippen LogP contribution in [0.2, 0.25) is 0 Å². The van der Waals surface area contributed by atoms with Gasteiger partial charge in [0.15, 0.2) is 0 Å². The molecule has 1 fully saturated rings. The van der Waals surface area contributed by atoms with Crippen molar-refractivity contribution in [2.75, 3.05) is 5.32 Å². The summed E-state index contributed by atoms with van der Waals surface area (Å²) in [5.41, 5.74) is 2.26. The molecule has 136 valence electrons. The summed E-state index contributed by atoms with van der Waals surface area (Å²) in [5, 5.41) is 6.00. The summed E-state index contributed by atoms with van der Waals surface area (Å²) >= 11 is 3.36. The van der Waals surface area contributed by atoms with E-state index in [9.17, 15) is 9.59 Å². The normalized spacial score (nSPS) is 14.7. The van der Waals surface area contributed by atoms with Crippen molar-refractivity contribution in [2.45, 2.75) is 44.6 Å². The predicted octanol–water partition coefficient (Wildman–Crippen LogP) is 4.69. The number of rotatable bonds is 5. The standard InChI is InChI=1S/C21H23BrN2O2/c22-17-10-8-16(9-11-17)21(26)24-19-12-6-15(7-13-19)14-20(25)23-18-4-2-1-3-5-18/h6-13,18H,1-5,14H2,(H,23,25)(H,24,26). The van der Waals surface area contributed by atoms with Gasteiger partial charge in [-0.1, -0.05) is 47.3 Å². The number of benzene rings is 2. The van der Waals surface area contributed by atoms with Gasteiger partial charge in [-0.2, -0.15) is 0 Å². The van der Waals surface area contributed by atoms with Crippen molar-refractivity contribution in [2.24, 2.45) is 0 Å². The highest BCUT2D eigenvalue weighted by Crippen LogP contribution is 2.18. The van der Waals surface area contributed by atoms with Crippen LogP contribution in [-0.2, 0) is 11.2 Å². The average Bonchev–Trinajstić information content (AvgIpc) is 2.64. The lowest BCUT2D eigenvalue weighted by Crippen LogP contribution is -2.37. The summed E-state index contributed by atoms with van der Waals surface area (Å²) in [6.07, 6.45) is 6.24. The molecule has 2 aromatic rings. The first-order valence-electron chi connectivity index (χ1n) is 9.05. The van der Waals surface area contributed by atoms with Crippen LogP contribution in [0, 0.1) is 0 Å². The molecule has 1 aliphatic rings. The van der Waals surface area contributed by atoms with Crippen molar-refractivity contribution in [1.82, 2.24) is 5.32 Å². The molecule has 0 aliphatic heterocycles. The summed E-state index contributed by atoms with van der Waals surface area (Å²) in [4.78, 5) is 24.4. The number of hydrogen-bond donors (Lipinski definition) is 2. The molecule has 0 atom stereocenters. The predicted molar refractivity (Wildman–Crippen MR) is 107 cm³/mol. The molecular formula is C21H23BrN2O2. The summed E-state index contributed by atoms with van der Waals surface area (Å²) < 4.78 is 0.935. The molecule has 0 spiro atoms. The Bertz CT molecular complexity index is 751. The molecule has 1 saturated carbocycles. The largest absolute Gasteiger partial charge is 0.353 e. The molecule has 1 aliphatic carbocycles. The van der Waals surface area contributed by atoms with Gasteiger partial charge >= 0.3 is 0 Å². The third kappa shape index (κ3) is 5.43. The highest BCUT2D eigenvalue weighted by Gasteiger charge is 2.15. The number of anilines is 1. The maximum Gasteiger partial charge on any atom is 0.255 e.